The maximum atomic E-state index is 13.3. The molecule has 0 aliphatic heterocycles. The van der Waals surface area contributed by atoms with Crippen molar-refractivity contribution in [3.8, 4) is 0 Å². The summed E-state index contributed by atoms with van der Waals surface area (Å²) in [5, 5.41) is 14.0. The van der Waals surface area contributed by atoms with E-state index in [1.54, 1.807) is 6.20 Å². The molecule has 4 aromatic rings. The number of aryl methyl sites for hydroxylation is 2. The monoisotopic (exact) mass is 487 g/mol. The molecule has 8 nitrogen and oxygen atoms in total. The fraction of sp³-hybridized carbons (Fsp3) is 0.464. The molecule has 4 rings (SSSR count). The largest absolute Gasteiger partial charge is 0.322 e. The molecule has 36 heavy (non-hydrogen) atoms. The van der Waals surface area contributed by atoms with E-state index in [0.717, 1.165) is 45.4 Å². The highest BCUT2D eigenvalue weighted by Gasteiger charge is 2.34. The Kier molecular flexibility index (Phi) is 7.36. The molecule has 3 aromatic heterocycles. The van der Waals surface area contributed by atoms with Gasteiger partial charge >= 0.3 is 0 Å². The van der Waals surface area contributed by atoms with E-state index in [4.69, 9.17) is 0 Å². The van der Waals surface area contributed by atoms with Crippen molar-refractivity contribution in [3.63, 3.8) is 0 Å². The van der Waals surface area contributed by atoms with E-state index in [9.17, 15) is 4.79 Å². The van der Waals surface area contributed by atoms with Gasteiger partial charge in [0.2, 0.25) is 0 Å². The van der Waals surface area contributed by atoms with Crippen LogP contribution in [0.4, 0.5) is 0 Å². The van der Waals surface area contributed by atoms with Crippen LogP contribution in [-0.2, 0) is 18.6 Å². The Hall–Kier alpha value is -3.39. The molecule has 1 N–H and O–H groups in total. The van der Waals surface area contributed by atoms with Crippen molar-refractivity contribution in [2.75, 3.05) is 0 Å². The van der Waals surface area contributed by atoms with E-state index >= 15 is 0 Å². The first-order valence-electron chi connectivity index (χ1n) is 12.7. The molecule has 8 heteroatoms. The normalized spacial score (nSPS) is 13.1. The molecule has 0 radical (unpaired) electrons. The smallest absolute Gasteiger partial charge is 0.252 e. The van der Waals surface area contributed by atoms with E-state index in [1.165, 1.54) is 0 Å². The second-order valence-corrected chi connectivity index (χ2v) is 10.7. The molecular formula is C28H37N7O. The predicted molar refractivity (Wildman–Crippen MR) is 143 cm³/mol. The van der Waals surface area contributed by atoms with Crippen molar-refractivity contribution in [1.29, 1.82) is 0 Å². The number of H-pyrrole nitrogens is 1. The van der Waals surface area contributed by atoms with Crippen LogP contribution in [-0.4, -0.2) is 35.1 Å². The van der Waals surface area contributed by atoms with Crippen LogP contribution in [0, 0.1) is 19.8 Å². The molecule has 0 aliphatic carbocycles. The van der Waals surface area contributed by atoms with Crippen molar-refractivity contribution in [2.24, 2.45) is 5.92 Å². The number of hydrogen-bond acceptors (Lipinski definition) is 6. The summed E-state index contributed by atoms with van der Waals surface area (Å²) in [5.41, 5.74) is 4.64. The molecule has 0 unspecified atom stereocenters. The molecule has 0 saturated heterocycles. The molecule has 3 heterocycles. The number of aromatic amines is 1. The van der Waals surface area contributed by atoms with Gasteiger partial charge in [-0.1, -0.05) is 32.9 Å². The molecule has 190 valence electrons. The number of nitrogens with one attached hydrogen (secondary N) is 1. The van der Waals surface area contributed by atoms with E-state index in [1.807, 2.05) is 36.0 Å². The summed E-state index contributed by atoms with van der Waals surface area (Å²) in [6, 6.07) is 10.1. The number of pyridine rings is 2. The van der Waals surface area contributed by atoms with Gasteiger partial charge in [0.05, 0.1) is 11.6 Å². The summed E-state index contributed by atoms with van der Waals surface area (Å²) in [6.45, 7) is 16.0. The Bertz CT molecular complexity index is 1390. The molecule has 1 atom stereocenters. The second-order valence-electron chi connectivity index (χ2n) is 10.7. The Labute approximate surface area is 212 Å². The van der Waals surface area contributed by atoms with Gasteiger partial charge in [0, 0.05) is 41.9 Å². The number of benzene rings is 1. The molecule has 0 spiro atoms. The highest BCUT2D eigenvalue weighted by Crippen LogP contribution is 2.33. The Morgan fingerprint density at radius 1 is 1.14 bits per heavy atom. The number of nitrogens with zero attached hydrogens (tertiary/aromatic N) is 6. The molecule has 0 saturated carbocycles. The summed E-state index contributed by atoms with van der Waals surface area (Å²) in [7, 11) is 0. The minimum absolute atomic E-state index is 0.0697. The quantitative estimate of drug-likeness (QED) is 0.354. The topological polar surface area (TPSA) is 92.6 Å². The molecule has 0 aliphatic rings. The fourth-order valence-corrected chi connectivity index (χ4v) is 4.87. The maximum absolute atomic E-state index is 13.3. The third-order valence-electron chi connectivity index (χ3n) is 7.09. The van der Waals surface area contributed by atoms with Crippen molar-refractivity contribution in [1.82, 2.24) is 35.1 Å². The Balaban J connectivity index is 1.83. The maximum Gasteiger partial charge on any atom is 0.252 e. The number of aromatic nitrogens is 6. The van der Waals surface area contributed by atoms with Gasteiger partial charge < -0.3 is 4.98 Å². The lowest BCUT2D eigenvalue weighted by Gasteiger charge is -2.35. The van der Waals surface area contributed by atoms with Gasteiger partial charge in [0.15, 0.2) is 5.82 Å². The van der Waals surface area contributed by atoms with Crippen LogP contribution in [0.15, 0.2) is 47.5 Å². The number of hydrogen-bond donors (Lipinski definition) is 1. The summed E-state index contributed by atoms with van der Waals surface area (Å²) in [5.74, 6) is 1.01. The molecule has 0 amide bonds. The van der Waals surface area contributed by atoms with Crippen LogP contribution >= 0.6 is 0 Å². The highest BCUT2D eigenvalue weighted by atomic mass is 16.1. The van der Waals surface area contributed by atoms with Gasteiger partial charge in [-0.3, -0.25) is 14.7 Å². The van der Waals surface area contributed by atoms with Gasteiger partial charge in [0.1, 0.15) is 0 Å². The SMILES string of the molecule is CCC(C)(C)n1nnnc1[C@@H](C(C)C)N(Cc1cccnc1)Cc1cc2c(C)cc(C)cc2[nH]c1=O. The van der Waals surface area contributed by atoms with Crippen LogP contribution in [0.5, 0.6) is 0 Å². The third-order valence-corrected chi connectivity index (χ3v) is 7.09. The van der Waals surface area contributed by atoms with Crippen LogP contribution in [0.2, 0.25) is 0 Å². The molecule has 0 fully saturated rings. The second kappa shape index (κ2) is 10.3. The zero-order valence-electron chi connectivity index (χ0n) is 22.4. The van der Waals surface area contributed by atoms with Crippen molar-refractivity contribution in [2.45, 2.75) is 79.6 Å². The molecule has 0 bridgehead atoms. The van der Waals surface area contributed by atoms with E-state index in [-0.39, 0.29) is 23.1 Å². The average molecular weight is 488 g/mol. The lowest BCUT2D eigenvalue weighted by molar-refractivity contribution is 0.117. The van der Waals surface area contributed by atoms with Gasteiger partial charge in [-0.2, -0.15) is 0 Å². The van der Waals surface area contributed by atoms with Crippen LogP contribution in [0.3, 0.4) is 0 Å². The predicted octanol–water partition coefficient (Wildman–Crippen LogP) is 5.07. The average Bonchev–Trinajstić information content (AvgIpc) is 3.30. The summed E-state index contributed by atoms with van der Waals surface area (Å²) >= 11 is 0. The van der Waals surface area contributed by atoms with Crippen LogP contribution in [0.25, 0.3) is 10.9 Å². The first-order valence-corrected chi connectivity index (χ1v) is 12.7. The number of tetrazole rings is 1. The van der Waals surface area contributed by atoms with E-state index < -0.39 is 0 Å². The zero-order chi connectivity index (χ0) is 26.0. The number of fused-ring (bicyclic) bond motifs is 1. The number of rotatable bonds is 9. The van der Waals surface area contributed by atoms with Gasteiger partial charge in [-0.05, 0) is 85.3 Å². The van der Waals surface area contributed by atoms with E-state index in [2.05, 4.69) is 84.1 Å². The van der Waals surface area contributed by atoms with Gasteiger partial charge in [0.25, 0.3) is 5.56 Å². The Morgan fingerprint density at radius 2 is 1.92 bits per heavy atom. The lowest BCUT2D eigenvalue weighted by atomic mass is 9.97. The van der Waals surface area contributed by atoms with Gasteiger partial charge in [-0.15, -0.1) is 5.10 Å². The standard InChI is InChI=1S/C28H37N7O/c1-8-28(6,7)35-26(31-32-33-35)25(18(2)3)34(16-21-10-9-11-29-15-21)17-22-14-23-20(5)12-19(4)13-24(23)30-27(22)36/h9-15,18,25H,8,16-17H2,1-7H3,(H,30,36)/t25-/m1/s1. The Morgan fingerprint density at radius 3 is 2.58 bits per heavy atom. The summed E-state index contributed by atoms with van der Waals surface area (Å²) in [6.07, 6.45) is 4.54. The van der Waals surface area contributed by atoms with Gasteiger partial charge in [-0.25, -0.2) is 4.68 Å². The minimum Gasteiger partial charge on any atom is -0.322 e. The molecule has 1 aromatic carbocycles. The molecular weight excluding hydrogens is 450 g/mol. The zero-order valence-corrected chi connectivity index (χ0v) is 22.4. The van der Waals surface area contributed by atoms with Crippen LogP contribution in [0.1, 0.15) is 75.2 Å². The van der Waals surface area contributed by atoms with Crippen molar-refractivity contribution < 1.29 is 0 Å². The van der Waals surface area contributed by atoms with E-state index in [0.29, 0.717) is 13.1 Å². The summed E-state index contributed by atoms with van der Waals surface area (Å²) < 4.78 is 1.95. The summed E-state index contributed by atoms with van der Waals surface area (Å²) in [4.78, 5) is 23.0. The third kappa shape index (κ3) is 5.23. The first kappa shape index (κ1) is 25.7. The van der Waals surface area contributed by atoms with Crippen molar-refractivity contribution in [3.05, 3.63) is 81.2 Å². The highest BCUT2D eigenvalue weighted by molar-refractivity contribution is 5.83. The minimum atomic E-state index is -0.235. The fourth-order valence-electron chi connectivity index (χ4n) is 4.87. The lowest BCUT2D eigenvalue weighted by Crippen LogP contribution is -2.38. The van der Waals surface area contributed by atoms with Crippen LogP contribution < -0.4 is 5.56 Å². The first-order chi connectivity index (χ1) is 17.1. The van der Waals surface area contributed by atoms with Crippen molar-refractivity contribution >= 4 is 10.9 Å².